The number of hydrogen-bond acceptors (Lipinski definition) is 6. The number of amides is 2. The average Bonchev–Trinajstić information content (AvgIpc) is 2.93. The summed E-state index contributed by atoms with van der Waals surface area (Å²) >= 11 is 1.64. The van der Waals surface area contributed by atoms with Crippen molar-refractivity contribution in [2.75, 3.05) is 42.7 Å². The number of thioether (sulfide) groups is 1. The van der Waals surface area contributed by atoms with E-state index in [0.717, 1.165) is 31.9 Å². The molecule has 0 radical (unpaired) electrons. The van der Waals surface area contributed by atoms with Crippen LogP contribution in [0.25, 0.3) is 0 Å². The lowest BCUT2D eigenvalue weighted by molar-refractivity contribution is -0.142. The molecule has 2 saturated heterocycles. The van der Waals surface area contributed by atoms with Crippen LogP contribution in [0.3, 0.4) is 0 Å². The Morgan fingerprint density at radius 3 is 2.87 bits per heavy atom. The fourth-order valence-electron chi connectivity index (χ4n) is 3.00. The van der Waals surface area contributed by atoms with E-state index in [9.17, 15) is 9.59 Å². The molecule has 1 aromatic heterocycles. The van der Waals surface area contributed by atoms with Crippen LogP contribution in [0.2, 0.25) is 0 Å². The van der Waals surface area contributed by atoms with Gasteiger partial charge < -0.3 is 14.7 Å². The third-order valence-electron chi connectivity index (χ3n) is 4.26. The minimum Gasteiger partial charge on any atom is -0.353 e. The van der Waals surface area contributed by atoms with Gasteiger partial charge in [-0.3, -0.25) is 9.59 Å². The van der Waals surface area contributed by atoms with Gasteiger partial charge in [-0.15, -0.1) is 16.9 Å². The fraction of sp³-hybridized carbons (Fsp3) is 0.600. The number of anilines is 1. The molecule has 1 atom stereocenters. The van der Waals surface area contributed by atoms with E-state index in [1.807, 2.05) is 17.0 Å². The van der Waals surface area contributed by atoms with Crippen LogP contribution < -0.4 is 4.90 Å². The Morgan fingerprint density at radius 1 is 1.26 bits per heavy atom. The van der Waals surface area contributed by atoms with Crippen LogP contribution in [0.15, 0.2) is 18.3 Å². The van der Waals surface area contributed by atoms with Crippen molar-refractivity contribution in [3.05, 3.63) is 18.3 Å². The maximum Gasteiger partial charge on any atom is 0.246 e. The van der Waals surface area contributed by atoms with E-state index < -0.39 is 0 Å². The molecule has 1 aromatic rings. The van der Waals surface area contributed by atoms with Crippen LogP contribution in [0.1, 0.15) is 13.3 Å². The van der Waals surface area contributed by atoms with Crippen LogP contribution >= 0.6 is 11.8 Å². The number of carbonyl (C=O) groups is 2. The van der Waals surface area contributed by atoms with Crippen molar-refractivity contribution in [2.24, 2.45) is 0 Å². The Kier molecular flexibility index (Phi) is 5.00. The number of nitrogens with zero attached hydrogens (tertiary/aromatic N) is 5. The quantitative estimate of drug-likeness (QED) is 0.781. The van der Waals surface area contributed by atoms with Crippen LogP contribution in [-0.4, -0.2) is 75.7 Å². The Balaban J connectivity index is 1.64. The lowest BCUT2D eigenvalue weighted by Crippen LogP contribution is -2.49. The van der Waals surface area contributed by atoms with E-state index >= 15 is 0 Å². The number of aromatic nitrogens is 2. The SMILES string of the molecule is CC(=O)N1CSCC1C(=O)N1CCCN(c2cccnn2)CC1. The third-order valence-corrected chi connectivity index (χ3v) is 5.27. The highest BCUT2D eigenvalue weighted by Crippen LogP contribution is 2.23. The summed E-state index contributed by atoms with van der Waals surface area (Å²) in [5.41, 5.74) is 0. The first kappa shape index (κ1) is 16.0. The molecule has 0 spiro atoms. The van der Waals surface area contributed by atoms with Gasteiger partial charge in [0.05, 0.1) is 5.88 Å². The predicted molar refractivity (Wildman–Crippen MR) is 89.1 cm³/mol. The van der Waals surface area contributed by atoms with Gasteiger partial charge in [0, 0.05) is 45.1 Å². The molecular weight excluding hydrogens is 314 g/mol. The third kappa shape index (κ3) is 3.57. The summed E-state index contributed by atoms with van der Waals surface area (Å²) in [6, 6.07) is 3.51. The fourth-order valence-corrected chi connectivity index (χ4v) is 4.21. The monoisotopic (exact) mass is 335 g/mol. The summed E-state index contributed by atoms with van der Waals surface area (Å²) in [6.07, 6.45) is 2.55. The van der Waals surface area contributed by atoms with E-state index in [0.29, 0.717) is 18.2 Å². The van der Waals surface area contributed by atoms with Gasteiger partial charge in [0.25, 0.3) is 0 Å². The Morgan fingerprint density at radius 2 is 2.13 bits per heavy atom. The molecule has 2 fully saturated rings. The van der Waals surface area contributed by atoms with Crippen molar-refractivity contribution in [1.82, 2.24) is 20.0 Å². The van der Waals surface area contributed by atoms with Crippen molar-refractivity contribution in [1.29, 1.82) is 0 Å². The van der Waals surface area contributed by atoms with Crippen molar-refractivity contribution in [3.63, 3.8) is 0 Å². The number of rotatable bonds is 2. The molecule has 0 N–H and O–H groups in total. The van der Waals surface area contributed by atoms with Crippen LogP contribution in [0.4, 0.5) is 5.82 Å². The van der Waals surface area contributed by atoms with Crippen molar-refractivity contribution < 1.29 is 9.59 Å². The van der Waals surface area contributed by atoms with Crippen LogP contribution in [0, 0.1) is 0 Å². The maximum absolute atomic E-state index is 12.8. The molecule has 23 heavy (non-hydrogen) atoms. The summed E-state index contributed by atoms with van der Waals surface area (Å²) < 4.78 is 0. The molecule has 3 heterocycles. The molecular formula is C15H21N5O2S. The summed E-state index contributed by atoms with van der Waals surface area (Å²) in [5, 5.41) is 8.06. The molecule has 3 rings (SSSR count). The van der Waals surface area contributed by atoms with Crippen LogP contribution in [0.5, 0.6) is 0 Å². The maximum atomic E-state index is 12.8. The summed E-state index contributed by atoms with van der Waals surface area (Å²) in [7, 11) is 0. The van der Waals surface area contributed by atoms with Crippen LogP contribution in [-0.2, 0) is 9.59 Å². The van der Waals surface area contributed by atoms with Gasteiger partial charge >= 0.3 is 0 Å². The summed E-state index contributed by atoms with van der Waals surface area (Å²) in [6.45, 7) is 4.51. The second-order valence-electron chi connectivity index (χ2n) is 5.75. The van der Waals surface area contributed by atoms with Crippen molar-refractivity contribution in [2.45, 2.75) is 19.4 Å². The van der Waals surface area contributed by atoms with E-state index in [-0.39, 0.29) is 17.9 Å². The van der Waals surface area contributed by atoms with Gasteiger partial charge in [0.15, 0.2) is 5.82 Å². The zero-order valence-corrected chi connectivity index (χ0v) is 14.0. The highest BCUT2D eigenvalue weighted by Gasteiger charge is 2.36. The molecule has 8 heteroatoms. The number of carbonyl (C=O) groups excluding carboxylic acids is 2. The Labute approximate surface area is 140 Å². The topological polar surface area (TPSA) is 69.6 Å². The normalized spacial score (nSPS) is 22.1. The first-order valence-electron chi connectivity index (χ1n) is 7.83. The van der Waals surface area contributed by atoms with Gasteiger partial charge in [0.1, 0.15) is 6.04 Å². The second-order valence-corrected chi connectivity index (χ2v) is 6.75. The van der Waals surface area contributed by atoms with Crippen molar-refractivity contribution in [3.8, 4) is 0 Å². The molecule has 1 unspecified atom stereocenters. The van der Waals surface area contributed by atoms with Gasteiger partial charge in [-0.1, -0.05) is 0 Å². The molecule has 0 aromatic carbocycles. The molecule has 0 bridgehead atoms. The van der Waals surface area contributed by atoms with E-state index in [1.54, 1.807) is 22.9 Å². The van der Waals surface area contributed by atoms with Gasteiger partial charge in [-0.05, 0) is 18.6 Å². The molecule has 2 aliphatic heterocycles. The zero-order chi connectivity index (χ0) is 16.2. The molecule has 0 saturated carbocycles. The smallest absolute Gasteiger partial charge is 0.246 e. The standard InChI is InChI=1S/C15H21N5O2S/c1-12(21)20-11-23-10-13(20)15(22)19-7-3-6-18(8-9-19)14-4-2-5-16-17-14/h2,4-5,13H,3,6-11H2,1H3. The van der Waals surface area contributed by atoms with Gasteiger partial charge in [-0.2, -0.15) is 5.10 Å². The summed E-state index contributed by atoms with van der Waals surface area (Å²) in [5.74, 6) is 2.22. The van der Waals surface area contributed by atoms with E-state index in [1.165, 1.54) is 6.92 Å². The molecule has 2 amide bonds. The molecule has 124 valence electrons. The molecule has 2 aliphatic rings. The largest absolute Gasteiger partial charge is 0.353 e. The minimum absolute atomic E-state index is 0.0237. The lowest BCUT2D eigenvalue weighted by Gasteiger charge is -2.28. The Bertz CT molecular complexity index is 570. The van der Waals surface area contributed by atoms with Crippen molar-refractivity contribution >= 4 is 29.4 Å². The van der Waals surface area contributed by atoms with Gasteiger partial charge in [0.2, 0.25) is 11.8 Å². The summed E-state index contributed by atoms with van der Waals surface area (Å²) in [4.78, 5) is 30.2. The zero-order valence-electron chi connectivity index (χ0n) is 13.2. The highest BCUT2D eigenvalue weighted by molar-refractivity contribution is 7.99. The average molecular weight is 335 g/mol. The highest BCUT2D eigenvalue weighted by atomic mass is 32.2. The first-order valence-corrected chi connectivity index (χ1v) is 8.98. The van der Waals surface area contributed by atoms with Gasteiger partial charge in [-0.25, -0.2) is 0 Å². The first-order chi connectivity index (χ1) is 11.2. The minimum atomic E-state index is -0.305. The molecule has 0 aliphatic carbocycles. The number of hydrogen-bond donors (Lipinski definition) is 0. The molecule has 7 nitrogen and oxygen atoms in total. The second kappa shape index (κ2) is 7.16. The lowest BCUT2D eigenvalue weighted by atomic mass is 10.2. The predicted octanol–water partition coefficient (Wildman–Crippen LogP) is 0.437. The Hall–Kier alpha value is -1.83. The van der Waals surface area contributed by atoms with E-state index in [2.05, 4.69) is 15.1 Å². The van der Waals surface area contributed by atoms with E-state index in [4.69, 9.17) is 0 Å².